The van der Waals surface area contributed by atoms with Crippen LogP contribution in [0.3, 0.4) is 0 Å². The highest BCUT2D eigenvalue weighted by molar-refractivity contribution is 5.82. The number of aromatic nitrogens is 4. The average Bonchev–Trinajstić information content (AvgIpc) is 3.47. The van der Waals surface area contributed by atoms with Crippen molar-refractivity contribution < 1.29 is 9.53 Å². The van der Waals surface area contributed by atoms with Gasteiger partial charge in [-0.05, 0) is 61.4 Å². The van der Waals surface area contributed by atoms with E-state index < -0.39 is 6.04 Å². The smallest absolute Gasteiger partial charge is 0.240 e. The number of fused-ring (bicyclic) bond motifs is 1. The molecule has 0 fully saturated rings. The van der Waals surface area contributed by atoms with Crippen LogP contribution in [0.15, 0.2) is 48.9 Å². The molecular weight excluding hydrogens is 506 g/mol. The van der Waals surface area contributed by atoms with Gasteiger partial charge in [-0.15, -0.1) is 0 Å². The van der Waals surface area contributed by atoms with E-state index in [9.17, 15) is 10.1 Å². The molecule has 40 heavy (non-hydrogen) atoms. The second kappa shape index (κ2) is 11.2. The summed E-state index contributed by atoms with van der Waals surface area (Å²) in [4.78, 5) is 31.4. The summed E-state index contributed by atoms with van der Waals surface area (Å²) >= 11 is 0. The number of imidazole rings is 1. The predicted molar refractivity (Wildman–Crippen MR) is 147 cm³/mol. The number of carbonyl (C=O) groups is 1. The van der Waals surface area contributed by atoms with Gasteiger partial charge in [-0.2, -0.15) is 15.5 Å². The number of rotatable bonds is 7. The topological polar surface area (TPSA) is 170 Å². The Bertz CT molecular complexity index is 1610. The molecule has 1 unspecified atom stereocenters. The van der Waals surface area contributed by atoms with E-state index in [1.807, 2.05) is 13.8 Å². The summed E-state index contributed by atoms with van der Waals surface area (Å²) in [6, 6.07) is 14.0. The molecule has 5 rings (SSSR count). The fraction of sp³-hybridized carbons (Fsp3) is 0.241. The minimum absolute atomic E-state index is 0.184. The predicted octanol–water partition coefficient (Wildman–Crippen LogP) is 3.55. The molecule has 0 bridgehead atoms. The van der Waals surface area contributed by atoms with Crippen molar-refractivity contribution in [2.75, 3.05) is 11.9 Å². The second-order valence-electron chi connectivity index (χ2n) is 9.64. The molecule has 2 aromatic carbocycles. The van der Waals surface area contributed by atoms with E-state index in [4.69, 9.17) is 20.7 Å². The van der Waals surface area contributed by atoms with Crippen LogP contribution >= 0.6 is 0 Å². The highest BCUT2D eigenvalue weighted by atomic mass is 16.5. The third kappa shape index (κ3) is 5.60. The molecule has 2 aromatic heterocycles. The molecule has 1 amide bonds. The van der Waals surface area contributed by atoms with Gasteiger partial charge in [-0.1, -0.05) is 0 Å². The summed E-state index contributed by atoms with van der Waals surface area (Å²) in [6.45, 7) is 4.43. The van der Waals surface area contributed by atoms with Crippen LogP contribution in [-0.4, -0.2) is 43.3 Å². The Morgan fingerprint density at radius 2 is 1.88 bits per heavy atom. The third-order valence-corrected chi connectivity index (χ3v) is 6.70. The van der Waals surface area contributed by atoms with E-state index in [1.165, 1.54) is 0 Å². The Labute approximate surface area is 231 Å². The van der Waals surface area contributed by atoms with Gasteiger partial charge in [-0.3, -0.25) is 4.79 Å². The number of aryl methyl sites for hydroxylation is 2. The second-order valence-corrected chi connectivity index (χ2v) is 9.64. The lowest BCUT2D eigenvalue weighted by Crippen LogP contribution is -2.47. The van der Waals surface area contributed by atoms with Crippen LogP contribution in [0.5, 0.6) is 11.6 Å². The zero-order valence-electron chi connectivity index (χ0n) is 22.1. The minimum Gasteiger partial charge on any atom is -0.438 e. The molecular formula is C29H27N9O2. The minimum atomic E-state index is -0.729. The zero-order valence-corrected chi connectivity index (χ0v) is 22.1. The van der Waals surface area contributed by atoms with Gasteiger partial charge >= 0.3 is 0 Å². The van der Waals surface area contributed by atoms with Crippen molar-refractivity contribution in [3.8, 4) is 23.8 Å². The number of amides is 1. The van der Waals surface area contributed by atoms with Gasteiger partial charge in [0.05, 0.1) is 53.4 Å². The molecule has 1 aliphatic heterocycles. The monoisotopic (exact) mass is 533 g/mol. The van der Waals surface area contributed by atoms with Crippen LogP contribution in [0.1, 0.15) is 39.2 Å². The maximum Gasteiger partial charge on any atom is 0.240 e. The van der Waals surface area contributed by atoms with Crippen molar-refractivity contribution in [1.29, 1.82) is 10.5 Å². The molecule has 0 spiro atoms. The van der Waals surface area contributed by atoms with Gasteiger partial charge in [0.1, 0.15) is 5.75 Å². The summed E-state index contributed by atoms with van der Waals surface area (Å²) in [7, 11) is 0. The van der Waals surface area contributed by atoms with E-state index in [0.29, 0.717) is 59.3 Å². The maximum atomic E-state index is 13.3. The number of ether oxygens (including phenoxy) is 1. The molecule has 0 saturated heterocycles. The molecule has 0 saturated carbocycles. The molecule has 1 aliphatic rings. The number of hydrogen-bond acceptors (Lipinski definition) is 9. The van der Waals surface area contributed by atoms with E-state index in [0.717, 1.165) is 22.5 Å². The number of anilines is 2. The molecule has 0 aliphatic carbocycles. The summed E-state index contributed by atoms with van der Waals surface area (Å²) < 4.78 is 6.40. The molecule has 0 radical (unpaired) electrons. The number of nitriles is 2. The van der Waals surface area contributed by atoms with Crippen LogP contribution in [0.2, 0.25) is 0 Å². The highest BCUT2D eigenvalue weighted by Gasteiger charge is 2.30. The average molecular weight is 534 g/mol. The van der Waals surface area contributed by atoms with Gasteiger partial charge in [-0.25, -0.2) is 9.97 Å². The number of hydrogen-bond donors (Lipinski definition) is 3. The summed E-state index contributed by atoms with van der Waals surface area (Å²) in [5, 5.41) is 21.6. The molecule has 4 N–H and O–H groups in total. The SMILES string of the molecule is Cc1cc(C#N)cc(C)c1Oc1nc(Nc2ccc(C#N)cc2)nc2c1CN(C(=O)C(N)Cc1cnc[nH]1)CC2. The van der Waals surface area contributed by atoms with Crippen LogP contribution in [0, 0.1) is 36.5 Å². The largest absolute Gasteiger partial charge is 0.438 e. The van der Waals surface area contributed by atoms with E-state index in [1.54, 1.807) is 53.8 Å². The summed E-state index contributed by atoms with van der Waals surface area (Å²) in [5.74, 6) is 1.05. The van der Waals surface area contributed by atoms with Gasteiger partial charge in [0.2, 0.25) is 17.7 Å². The number of nitrogens with two attached hydrogens (primary N) is 1. The van der Waals surface area contributed by atoms with Gasteiger partial charge < -0.3 is 25.7 Å². The standard InChI is InChI=1S/C29H27N9O2/c1-17-9-20(13-31)10-18(2)26(17)40-27-23-15-38(28(39)24(32)11-22-14-33-16-34-22)8-7-25(23)36-29(37-27)35-21-5-3-19(12-30)4-6-21/h3-6,9-10,14,16,24H,7-8,11,15,32H2,1-2H3,(H,33,34)(H,35,36,37). The Hall–Kier alpha value is -5.26. The van der Waals surface area contributed by atoms with Crippen molar-refractivity contribution in [2.45, 2.75) is 39.3 Å². The lowest BCUT2D eigenvalue weighted by Gasteiger charge is -2.31. The van der Waals surface area contributed by atoms with Gasteiger partial charge in [0.25, 0.3) is 0 Å². The number of nitrogens with one attached hydrogen (secondary N) is 2. The quantitative estimate of drug-likeness (QED) is 0.321. The number of H-pyrrole nitrogens is 1. The molecule has 1 atom stereocenters. The van der Waals surface area contributed by atoms with Crippen molar-refractivity contribution in [1.82, 2.24) is 24.8 Å². The van der Waals surface area contributed by atoms with Crippen LogP contribution in [-0.2, 0) is 24.2 Å². The first-order valence-corrected chi connectivity index (χ1v) is 12.7. The fourth-order valence-corrected chi connectivity index (χ4v) is 4.70. The van der Waals surface area contributed by atoms with Gasteiger partial charge in [0.15, 0.2) is 0 Å². The van der Waals surface area contributed by atoms with Crippen LogP contribution < -0.4 is 15.8 Å². The first kappa shape index (κ1) is 26.4. The van der Waals surface area contributed by atoms with Crippen molar-refractivity contribution >= 4 is 17.5 Å². The molecule has 4 aromatic rings. The number of benzene rings is 2. The lowest BCUT2D eigenvalue weighted by molar-refractivity contribution is -0.133. The zero-order chi connectivity index (χ0) is 28.2. The maximum absolute atomic E-state index is 13.3. The fourth-order valence-electron chi connectivity index (χ4n) is 4.70. The first-order valence-electron chi connectivity index (χ1n) is 12.7. The van der Waals surface area contributed by atoms with Crippen LogP contribution in [0.4, 0.5) is 11.6 Å². The van der Waals surface area contributed by atoms with E-state index >= 15 is 0 Å². The third-order valence-electron chi connectivity index (χ3n) is 6.70. The first-order chi connectivity index (χ1) is 19.3. The Morgan fingerprint density at radius 3 is 2.52 bits per heavy atom. The van der Waals surface area contributed by atoms with Gasteiger partial charge in [0, 0.05) is 37.0 Å². The number of aromatic amines is 1. The van der Waals surface area contributed by atoms with E-state index in [2.05, 4.69) is 32.4 Å². The summed E-state index contributed by atoms with van der Waals surface area (Å²) in [5.41, 5.74) is 11.9. The normalized spacial score (nSPS) is 13.1. The van der Waals surface area contributed by atoms with Crippen molar-refractivity contribution in [3.63, 3.8) is 0 Å². The summed E-state index contributed by atoms with van der Waals surface area (Å²) in [6.07, 6.45) is 4.05. The number of carbonyl (C=O) groups excluding carboxylic acids is 1. The highest BCUT2D eigenvalue weighted by Crippen LogP contribution is 2.35. The Morgan fingerprint density at radius 1 is 1.15 bits per heavy atom. The Balaban J connectivity index is 1.47. The Kier molecular flexibility index (Phi) is 7.40. The molecule has 3 heterocycles. The molecule has 11 nitrogen and oxygen atoms in total. The molecule has 11 heteroatoms. The van der Waals surface area contributed by atoms with Crippen molar-refractivity contribution in [2.24, 2.45) is 5.73 Å². The van der Waals surface area contributed by atoms with Crippen LogP contribution in [0.25, 0.3) is 0 Å². The lowest BCUT2D eigenvalue weighted by atomic mass is 10.0. The molecule has 200 valence electrons. The van der Waals surface area contributed by atoms with Crippen molar-refractivity contribution in [3.05, 3.63) is 88.1 Å². The number of nitrogens with zero attached hydrogens (tertiary/aromatic N) is 6. The van der Waals surface area contributed by atoms with E-state index in [-0.39, 0.29) is 12.5 Å².